The number of benzene rings is 1. The summed E-state index contributed by atoms with van der Waals surface area (Å²) in [5.74, 6) is -2.57. The molecule has 0 fully saturated rings. The van der Waals surface area contributed by atoms with Crippen molar-refractivity contribution in [2.75, 3.05) is 6.61 Å². The van der Waals surface area contributed by atoms with E-state index in [9.17, 15) is 0 Å². The number of unbranched alkanes of at least 4 members (excludes halogenated alkanes) is 1. The van der Waals surface area contributed by atoms with Crippen LogP contribution in [0.15, 0.2) is 12.1 Å². The Labute approximate surface area is 119 Å². The van der Waals surface area contributed by atoms with E-state index in [2.05, 4.69) is 39.8 Å². The van der Waals surface area contributed by atoms with E-state index in [1.54, 1.807) is 0 Å². The maximum Gasteiger partial charge on any atom is 0.414 e. The van der Waals surface area contributed by atoms with Crippen molar-refractivity contribution in [2.45, 2.75) is 40.5 Å². The molecule has 1 aromatic carbocycles. The third-order valence-electron chi connectivity index (χ3n) is 2.53. The van der Waals surface area contributed by atoms with Crippen molar-refractivity contribution in [3.63, 3.8) is 0 Å². The molecule has 0 atom stereocenters. The number of carboxylic acid groups (broad SMARTS) is 2. The van der Waals surface area contributed by atoms with E-state index >= 15 is 0 Å². The lowest BCUT2D eigenvalue weighted by Crippen LogP contribution is -2.09. The third kappa shape index (κ3) is 6.78. The van der Waals surface area contributed by atoms with Crippen LogP contribution in [-0.4, -0.2) is 28.8 Å². The number of carbonyl (C=O) groups is 2. The van der Waals surface area contributed by atoms with E-state index in [0.717, 1.165) is 18.8 Å². The van der Waals surface area contributed by atoms with E-state index in [4.69, 9.17) is 24.5 Å². The minimum Gasteiger partial charge on any atom is -0.493 e. The van der Waals surface area contributed by atoms with Crippen LogP contribution in [0.1, 0.15) is 36.5 Å². The molecule has 0 unspecified atom stereocenters. The minimum atomic E-state index is -1.82. The van der Waals surface area contributed by atoms with Gasteiger partial charge < -0.3 is 14.9 Å². The van der Waals surface area contributed by atoms with E-state index < -0.39 is 11.9 Å². The van der Waals surface area contributed by atoms with Crippen LogP contribution >= 0.6 is 0 Å². The summed E-state index contributed by atoms with van der Waals surface area (Å²) >= 11 is 0. The second-order valence-electron chi connectivity index (χ2n) is 4.54. The van der Waals surface area contributed by atoms with Gasteiger partial charge >= 0.3 is 11.9 Å². The van der Waals surface area contributed by atoms with Crippen molar-refractivity contribution in [1.29, 1.82) is 0 Å². The molecule has 0 aliphatic heterocycles. The monoisotopic (exact) mass is 282 g/mol. The van der Waals surface area contributed by atoms with Crippen LogP contribution in [0.5, 0.6) is 5.75 Å². The zero-order valence-electron chi connectivity index (χ0n) is 12.4. The molecule has 0 radical (unpaired) electrons. The molecule has 20 heavy (non-hydrogen) atoms. The summed E-state index contributed by atoms with van der Waals surface area (Å²) in [7, 11) is 0. The summed E-state index contributed by atoms with van der Waals surface area (Å²) in [6, 6.07) is 4.35. The minimum absolute atomic E-state index is 0.835. The molecule has 1 rings (SSSR count). The Bertz CT molecular complexity index is 430. The first-order valence-electron chi connectivity index (χ1n) is 6.46. The van der Waals surface area contributed by atoms with Gasteiger partial charge in [-0.1, -0.05) is 31.0 Å². The van der Waals surface area contributed by atoms with Crippen LogP contribution in [0.3, 0.4) is 0 Å². The molecule has 0 bridgehead atoms. The molecular formula is C15H22O5. The second-order valence-corrected chi connectivity index (χ2v) is 4.54. The average Bonchev–Trinajstić information content (AvgIpc) is 2.33. The van der Waals surface area contributed by atoms with E-state index in [1.807, 2.05) is 0 Å². The highest BCUT2D eigenvalue weighted by atomic mass is 16.5. The highest BCUT2D eigenvalue weighted by molar-refractivity contribution is 6.27. The number of aliphatic carboxylic acids is 2. The predicted molar refractivity (Wildman–Crippen MR) is 76.3 cm³/mol. The fourth-order valence-electron chi connectivity index (χ4n) is 1.71. The van der Waals surface area contributed by atoms with Gasteiger partial charge in [-0.15, -0.1) is 0 Å². The Kier molecular flexibility index (Phi) is 8.04. The molecule has 5 nitrogen and oxygen atoms in total. The lowest BCUT2D eigenvalue weighted by atomic mass is 10.1. The van der Waals surface area contributed by atoms with Crippen LogP contribution in [0.4, 0.5) is 0 Å². The first-order valence-corrected chi connectivity index (χ1v) is 6.46. The highest BCUT2D eigenvalue weighted by Crippen LogP contribution is 2.24. The lowest BCUT2D eigenvalue weighted by Gasteiger charge is -2.12. The third-order valence-corrected chi connectivity index (χ3v) is 2.53. The molecule has 1 aromatic rings. The molecule has 0 saturated heterocycles. The summed E-state index contributed by atoms with van der Waals surface area (Å²) < 4.78 is 5.76. The molecule has 112 valence electrons. The quantitative estimate of drug-likeness (QED) is 0.655. The number of aryl methyl sites for hydroxylation is 3. The first kappa shape index (κ1) is 18.0. The Morgan fingerprint density at radius 1 is 1.05 bits per heavy atom. The lowest BCUT2D eigenvalue weighted by molar-refractivity contribution is -0.159. The smallest absolute Gasteiger partial charge is 0.414 e. The van der Waals surface area contributed by atoms with Crippen molar-refractivity contribution in [1.82, 2.24) is 0 Å². The van der Waals surface area contributed by atoms with Crippen LogP contribution in [0.2, 0.25) is 0 Å². The van der Waals surface area contributed by atoms with Crippen molar-refractivity contribution < 1.29 is 24.5 Å². The Morgan fingerprint density at radius 3 is 1.85 bits per heavy atom. The number of hydrogen-bond acceptors (Lipinski definition) is 3. The Balaban J connectivity index is 0.000000511. The predicted octanol–water partition coefficient (Wildman–Crippen LogP) is 2.95. The summed E-state index contributed by atoms with van der Waals surface area (Å²) in [4.78, 5) is 18.2. The van der Waals surface area contributed by atoms with Crippen molar-refractivity contribution in [3.05, 3.63) is 28.8 Å². The molecule has 2 N–H and O–H groups in total. The van der Waals surface area contributed by atoms with Gasteiger partial charge in [0, 0.05) is 0 Å². The maximum atomic E-state index is 9.10. The molecule has 0 amide bonds. The van der Waals surface area contributed by atoms with Gasteiger partial charge in [-0.3, -0.25) is 0 Å². The number of carboxylic acids is 2. The molecule has 0 saturated carbocycles. The van der Waals surface area contributed by atoms with Crippen molar-refractivity contribution >= 4 is 11.9 Å². The maximum absolute atomic E-state index is 9.10. The molecular weight excluding hydrogens is 260 g/mol. The van der Waals surface area contributed by atoms with E-state index in [0.29, 0.717) is 0 Å². The molecule has 0 heterocycles. The van der Waals surface area contributed by atoms with Gasteiger partial charge in [0.25, 0.3) is 0 Å². The first-order chi connectivity index (χ1) is 9.29. The summed E-state index contributed by atoms with van der Waals surface area (Å²) in [5, 5.41) is 14.8. The van der Waals surface area contributed by atoms with Gasteiger partial charge in [0.2, 0.25) is 0 Å². The molecule has 0 aliphatic rings. The van der Waals surface area contributed by atoms with Gasteiger partial charge in [-0.25, -0.2) is 9.59 Å². The number of ether oxygens (including phenoxy) is 1. The standard InChI is InChI=1S/C13H20O.C2H2O4/c1-5-6-7-14-13-11(3)8-10(2)9-12(13)4;3-1(4)2(5)6/h8-9H,5-7H2,1-4H3;(H,3,4)(H,5,6). The van der Waals surface area contributed by atoms with Gasteiger partial charge in [0.1, 0.15) is 5.75 Å². The highest BCUT2D eigenvalue weighted by Gasteiger charge is 2.04. The van der Waals surface area contributed by atoms with Gasteiger partial charge in [0.15, 0.2) is 0 Å². The van der Waals surface area contributed by atoms with Crippen LogP contribution < -0.4 is 4.74 Å². The second kappa shape index (κ2) is 8.96. The largest absolute Gasteiger partial charge is 0.493 e. The van der Waals surface area contributed by atoms with E-state index in [1.165, 1.54) is 23.1 Å². The summed E-state index contributed by atoms with van der Waals surface area (Å²) in [6.45, 7) is 9.36. The van der Waals surface area contributed by atoms with E-state index in [-0.39, 0.29) is 0 Å². The number of hydrogen-bond donors (Lipinski definition) is 2. The van der Waals surface area contributed by atoms with Crippen LogP contribution in [0, 0.1) is 20.8 Å². The van der Waals surface area contributed by atoms with Crippen LogP contribution in [-0.2, 0) is 9.59 Å². The van der Waals surface area contributed by atoms with Crippen molar-refractivity contribution in [2.24, 2.45) is 0 Å². The molecule has 5 heteroatoms. The summed E-state index contributed by atoms with van der Waals surface area (Å²) in [5.41, 5.74) is 3.81. The van der Waals surface area contributed by atoms with Crippen molar-refractivity contribution in [3.8, 4) is 5.75 Å². The van der Waals surface area contributed by atoms with Gasteiger partial charge in [-0.2, -0.15) is 0 Å². The molecule has 0 aliphatic carbocycles. The zero-order valence-corrected chi connectivity index (χ0v) is 12.4. The average molecular weight is 282 g/mol. The zero-order chi connectivity index (χ0) is 15.7. The van der Waals surface area contributed by atoms with Gasteiger partial charge in [0.05, 0.1) is 6.61 Å². The fraction of sp³-hybridized carbons (Fsp3) is 0.467. The Hall–Kier alpha value is -2.04. The molecule has 0 spiro atoms. The Morgan fingerprint density at radius 2 is 1.50 bits per heavy atom. The normalized spacial score (nSPS) is 9.40. The molecule has 0 aromatic heterocycles. The topological polar surface area (TPSA) is 83.8 Å². The summed E-state index contributed by atoms with van der Waals surface area (Å²) in [6.07, 6.45) is 2.32. The SMILES string of the molecule is CCCCOc1c(C)cc(C)cc1C.O=C(O)C(=O)O. The fourth-order valence-corrected chi connectivity index (χ4v) is 1.71. The van der Waals surface area contributed by atoms with Crippen LogP contribution in [0.25, 0.3) is 0 Å². The number of rotatable bonds is 4. The van der Waals surface area contributed by atoms with Gasteiger partial charge in [-0.05, 0) is 38.3 Å².